The van der Waals surface area contributed by atoms with Crippen LogP contribution in [0.15, 0.2) is 0 Å². The van der Waals surface area contributed by atoms with E-state index in [1.54, 1.807) is 0 Å². The van der Waals surface area contributed by atoms with Crippen molar-refractivity contribution in [1.82, 2.24) is 15.3 Å². The zero-order valence-corrected chi connectivity index (χ0v) is 15.3. The molecule has 0 unspecified atom stereocenters. The third-order valence-corrected chi connectivity index (χ3v) is 7.28. The van der Waals surface area contributed by atoms with E-state index in [1.807, 2.05) is 0 Å². The van der Waals surface area contributed by atoms with Crippen molar-refractivity contribution in [2.45, 2.75) is 88.1 Å². The molecule has 2 atom stereocenters. The summed E-state index contributed by atoms with van der Waals surface area (Å²) < 4.78 is 0. The van der Waals surface area contributed by atoms with Gasteiger partial charge in [-0.1, -0.05) is 12.8 Å². The minimum Gasteiger partial charge on any atom is -0.368 e. The summed E-state index contributed by atoms with van der Waals surface area (Å²) >= 11 is 0. The zero-order valence-electron chi connectivity index (χ0n) is 15.3. The summed E-state index contributed by atoms with van der Waals surface area (Å²) in [6.45, 7) is 2.29. The molecular formula is C20H31N5. The average Bonchev–Trinajstić information content (AvgIpc) is 3.11. The lowest BCUT2D eigenvalue weighted by atomic mass is 9.71. The first-order chi connectivity index (χ1) is 12.3. The molecule has 1 saturated carbocycles. The van der Waals surface area contributed by atoms with Crippen LogP contribution in [0.2, 0.25) is 0 Å². The minimum atomic E-state index is 0.305. The van der Waals surface area contributed by atoms with Gasteiger partial charge in [0.15, 0.2) is 0 Å². The number of nitrogens with zero attached hydrogens (tertiary/aromatic N) is 3. The summed E-state index contributed by atoms with van der Waals surface area (Å²) in [5, 5.41) is 3.75. The van der Waals surface area contributed by atoms with Gasteiger partial charge >= 0.3 is 0 Å². The van der Waals surface area contributed by atoms with Crippen LogP contribution in [-0.4, -0.2) is 35.1 Å². The highest BCUT2D eigenvalue weighted by molar-refractivity contribution is 5.56. The maximum atomic E-state index is 6.24. The van der Waals surface area contributed by atoms with E-state index in [-0.39, 0.29) is 0 Å². The standard InChI is InChI=1S/C20H31N5/c21-19-23-17-14(6-3-11-20(17)9-1-2-10-20)18(24-19)25-13-5-7-15-16(25)8-4-12-22-15/h15-16,22H,1-13H2,(H2,21,23,24)/t15-,16-/m0/s1. The Kier molecular flexibility index (Phi) is 3.88. The van der Waals surface area contributed by atoms with Gasteiger partial charge in [-0.3, -0.25) is 0 Å². The van der Waals surface area contributed by atoms with Crippen molar-refractivity contribution in [3.63, 3.8) is 0 Å². The molecule has 0 amide bonds. The second-order valence-corrected chi connectivity index (χ2v) is 8.68. The molecule has 3 heterocycles. The van der Waals surface area contributed by atoms with E-state index in [2.05, 4.69) is 10.2 Å². The number of anilines is 2. The molecule has 5 nitrogen and oxygen atoms in total. The predicted octanol–water partition coefficient (Wildman–Crippen LogP) is 2.93. The molecule has 2 saturated heterocycles. The van der Waals surface area contributed by atoms with Crippen LogP contribution in [0.3, 0.4) is 0 Å². The monoisotopic (exact) mass is 341 g/mol. The molecule has 5 heteroatoms. The summed E-state index contributed by atoms with van der Waals surface area (Å²) in [5.74, 6) is 1.68. The Labute approximate surface area is 150 Å². The van der Waals surface area contributed by atoms with Crippen LogP contribution in [0, 0.1) is 0 Å². The molecule has 1 spiro atoms. The lowest BCUT2D eigenvalue weighted by Crippen LogP contribution is -2.57. The van der Waals surface area contributed by atoms with Crippen molar-refractivity contribution in [2.75, 3.05) is 23.7 Å². The number of nitrogens with two attached hydrogens (primary N) is 1. The topological polar surface area (TPSA) is 67.1 Å². The third-order valence-electron chi connectivity index (χ3n) is 7.28. The summed E-state index contributed by atoms with van der Waals surface area (Å²) in [5.41, 5.74) is 9.31. The number of nitrogens with one attached hydrogen (secondary N) is 1. The van der Waals surface area contributed by atoms with Gasteiger partial charge in [0.05, 0.1) is 5.69 Å². The predicted molar refractivity (Wildman–Crippen MR) is 101 cm³/mol. The van der Waals surface area contributed by atoms with Gasteiger partial charge in [0.1, 0.15) is 5.82 Å². The van der Waals surface area contributed by atoms with Crippen LogP contribution in [0.1, 0.15) is 75.5 Å². The van der Waals surface area contributed by atoms with E-state index >= 15 is 0 Å². The third kappa shape index (κ3) is 2.54. The molecule has 2 aliphatic heterocycles. The molecule has 5 rings (SSSR count). The van der Waals surface area contributed by atoms with E-state index < -0.39 is 0 Å². The second kappa shape index (κ2) is 6.11. The Bertz CT molecular complexity index is 650. The van der Waals surface area contributed by atoms with E-state index in [9.17, 15) is 0 Å². The molecule has 1 aromatic rings. The van der Waals surface area contributed by atoms with E-state index in [0.717, 1.165) is 13.0 Å². The van der Waals surface area contributed by atoms with Gasteiger partial charge in [-0.05, 0) is 64.3 Å². The average molecular weight is 342 g/mol. The molecule has 1 aromatic heterocycles. The Hall–Kier alpha value is -1.36. The largest absolute Gasteiger partial charge is 0.368 e. The molecule has 25 heavy (non-hydrogen) atoms. The molecule has 136 valence electrons. The number of hydrogen-bond donors (Lipinski definition) is 2. The van der Waals surface area contributed by atoms with E-state index in [4.69, 9.17) is 15.7 Å². The minimum absolute atomic E-state index is 0.305. The van der Waals surface area contributed by atoms with Crippen LogP contribution in [0.25, 0.3) is 0 Å². The highest BCUT2D eigenvalue weighted by Gasteiger charge is 2.43. The van der Waals surface area contributed by atoms with E-state index in [0.29, 0.717) is 23.4 Å². The smallest absolute Gasteiger partial charge is 0.222 e. The Morgan fingerprint density at radius 2 is 1.84 bits per heavy atom. The maximum absolute atomic E-state index is 6.24. The Morgan fingerprint density at radius 1 is 1.00 bits per heavy atom. The van der Waals surface area contributed by atoms with Gasteiger partial charge in [0.25, 0.3) is 0 Å². The van der Waals surface area contributed by atoms with Crippen LogP contribution >= 0.6 is 0 Å². The quantitative estimate of drug-likeness (QED) is 0.822. The second-order valence-electron chi connectivity index (χ2n) is 8.68. The van der Waals surface area contributed by atoms with Crippen molar-refractivity contribution in [3.05, 3.63) is 11.3 Å². The maximum Gasteiger partial charge on any atom is 0.222 e. The number of piperidine rings is 2. The van der Waals surface area contributed by atoms with Crippen molar-refractivity contribution >= 4 is 11.8 Å². The summed E-state index contributed by atoms with van der Waals surface area (Å²) in [6.07, 6.45) is 14.1. The Balaban J connectivity index is 1.58. The van der Waals surface area contributed by atoms with Crippen LogP contribution in [0.4, 0.5) is 11.8 Å². The fourth-order valence-electron chi connectivity index (χ4n) is 6.17. The number of nitrogen functional groups attached to an aromatic ring is 1. The summed E-state index contributed by atoms with van der Waals surface area (Å²) in [7, 11) is 0. The molecule has 3 N–H and O–H groups in total. The fourth-order valence-corrected chi connectivity index (χ4v) is 6.17. The van der Waals surface area contributed by atoms with Gasteiger partial charge < -0.3 is 16.0 Å². The molecule has 0 aromatic carbocycles. The van der Waals surface area contributed by atoms with Crippen molar-refractivity contribution in [2.24, 2.45) is 0 Å². The van der Waals surface area contributed by atoms with Gasteiger partial charge in [0, 0.05) is 29.6 Å². The van der Waals surface area contributed by atoms with Gasteiger partial charge in [-0.25, -0.2) is 4.98 Å². The highest BCUT2D eigenvalue weighted by Crippen LogP contribution is 2.50. The van der Waals surface area contributed by atoms with E-state index in [1.165, 1.54) is 87.8 Å². The molecule has 2 aliphatic carbocycles. The number of aromatic nitrogens is 2. The van der Waals surface area contributed by atoms with Crippen molar-refractivity contribution in [1.29, 1.82) is 0 Å². The zero-order chi connectivity index (χ0) is 16.9. The number of fused-ring (bicyclic) bond motifs is 3. The van der Waals surface area contributed by atoms with Crippen LogP contribution in [0.5, 0.6) is 0 Å². The summed E-state index contributed by atoms with van der Waals surface area (Å²) in [6, 6.07) is 1.21. The first-order valence-corrected chi connectivity index (χ1v) is 10.4. The van der Waals surface area contributed by atoms with Gasteiger partial charge in [-0.2, -0.15) is 4.98 Å². The molecule has 0 bridgehead atoms. The molecular weight excluding hydrogens is 310 g/mol. The van der Waals surface area contributed by atoms with Gasteiger partial charge in [0.2, 0.25) is 5.95 Å². The molecule has 3 fully saturated rings. The lowest BCUT2D eigenvalue weighted by Gasteiger charge is -2.46. The first kappa shape index (κ1) is 15.9. The van der Waals surface area contributed by atoms with Crippen LogP contribution < -0.4 is 16.0 Å². The van der Waals surface area contributed by atoms with Crippen molar-refractivity contribution < 1.29 is 0 Å². The molecule has 0 radical (unpaired) electrons. The fraction of sp³-hybridized carbons (Fsp3) is 0.800. The number of hydrogen-bond acceptors (Lipinski definition) is 5. The van der Waals surface area contributed by atoms with Crippen LogP contribution in [-0.2, 0) is 11.8 Å². The number of rotatable bonds is 1. The Morgan fingerprint density at radius 3 is 2.72 bits per heavy atom. The van der Waals surface area contributed by atoms with Gasteiger partial charge in [-0.15, -0.1) is 0 Å². The summed E-state index contributed by atoms with van der Waals surface area (Å²) in [4.78, 5) is 12.3. The first-order valence-electron chi connectivity index (χ1n) is 10.4. The van der Waals surface area contributed by atoms with Crippen molar-refractivity contribution in [3.8, 4) is 0 Å². The normalized spacial score (nSPS) is 31.0. The molecule has 4 aliphatic rings. The lowest BCUT2D eigenvalue weighted by molar-refractivity contribution is 0.282. The highest BCUT2D eigenvalue weighted by atomic mass is 15.3. The SMILES string of the molecule is Nc1nc(N2CCC[C@@H]3NCCC[C@@H]32)c2c(n1)C1(CCCC1)CCC2.